The van der Waals surface area contributed by atoms with Gasteiger partial charge in [0.15, 0.2) is 0 Å². The van der Waals surface area contributed by atoms with Crippen LogP contribution in [-0.2, 0) is 0 Å². The van der Waals surface area contributed by atoms with Gasteiger partial charge in [-0.15, -0.1) is 0 Å². The molecule has 0 heterocycles. The van der Waals surface area contributed by atoms with Crippen molar-refractivity contribution < 1.29 is 9.50 Å². The van der Waals surface area contributed by atoms with E-state index in [0.717, 1.165) is 0 Å². The Morgan fingerprint density at radius 3 is 2.60 bits per heavy atom. The van der Waals surface area contributed by atoms with Crippen LogP contribution in [0, 0.1) is 11.7 Å². The standard InChI is InChI=1S/C11H13BrClFO/c1-6(2)5-9(15)7-3-4-8(12)10(13)11(7)14/h3-4,6,9,15H,5H2,1-2H3. The molecule has 0 amide bonds. The van der Waals surface area contributed by atoms with Crippen molar-refractivity contribution in [3.63, 3.8) is 0 Å². The molecule has 1 aromatic rings. The summed E-state index contributed by atoms with van der Waals surface area (Å²) in [5.41, 5.74) is 0.261. The third kappa shape index (κ3) is 3.16. The molecule has 1 nitrogen and oxygen atoms in total. The van der Waals surface area contributed by atoms with Crippen molar-refractivity contribution >= 4 is 27.5 Å². The SMILES string of the molecule is CC(C)CC(O)c1ccc(Br)c(Cl)c1F. The Balaban J connectivity index is 3.00. The maximum Gasteiger partial charge on any atom is 0.148 e. The van der Waals surface area contributed by atoms with Crippen LogP contribution in [0.15, 0.2) is 16.6 Å². The summed E-state index contributed by atoms with van der Waals surface area (Å²) in [5, 5.41) is 9.80. The van der Waals surface area contributed by atoms with Gasteiger partial charge >= 0.3 is 0 Å². The lowest BCUT2D eigenvalue weighted by Gasteiger charge is -2.15. The van der Waals surface area contributed by atoms with E-state index >= 15 is 0 Å². The lowest BCUT2D eigenvalue weighted by atomic mass is 9.99. The molecule has 0 saturated carbocycles. The molecule has 0 radical (unpaired) electrons. The molecule has 0 saturated heterocycles. The van der Waals surface area contributed by atoms with Gasteiger partial charge in [-0.2, -0.15) is 0 Å². The summed E-state index contributed by atoms with van der Waals surface area (Å²) in [6, 6.07) is 3.20. The minimum atomic E-state index is -0.796. The van der Waals surface area contributed by atoms with Crippen molar-refractivity contribution in [2.45, 2.75) is 26.4 Å². The van der Waals surface area contributed by atoms with Crippen molar-refractivity contribution in [3.05, 3.63) is 33.0 Å². The van der Waals surface area contributed by atoms with Gasteiger partial charge in [-0.25, -0.2) is 4.39 Å². The number of hydrogen-bond donors (Lipinski definition) is 1. The number of aliphatic hydroxyl groups is 1. The first-order valence-corrected chi connectivity index (χ1v) is 5.92. The highest BCUT2D eigenvalue weighted by Gasteiger charge is 2.17. The number of aliphatic hydroxyl groups excluding tert-OH is 1. The van der Waals surface area contributed by atoms with E-state index in [1.807, 2.05) is 13.8 Å². The average molecular weight is 296 g/mol. The minimum Gasteiger partial charge on any atom is -0.388 e. The Morgan fingerprint density at radius 1 is 1.47 bits per heavy atom. The summed E-state index contributed by atoms with van der Waals surface area (Å²) >= 11 is 8.86. The molecule has 0 aromatic heterocycles. The van der Waals surface area contributed by atoms with Crippen molar-refractivity contribution in [1.29, 1.82) is 0 Å². The Hall–Kier alpha value is -0.120. The Labute approximate surface area is 102 Å². The molecule has 1 rings (SSSR count). The van der Waals surface area contributed by atoms with Gasteiger partial charge in [0.25, 0.3) is 0 Å². The molecule has 0 fully saturated rings. The Bertz CT molecular complexity index is 355. The van der Waals surface area contributed by atoms with E-state index in [1.165, 1.54) is 0 Å². The zero-order valence-electron chi connectivity index (χ0n) is 8.60. The summed E-state index contributed by atoms with van der Waals surface area (Å²) < 4.78 is 14.1. The molecular formula is C11H13BrClFO. The molecule has 0 spiro atoms. The predicted octanol–water partition coefficient (Wildman–Crippen LogP) is 4.32. The smallest absolute Gasteiger partial charge is 0.148 e. The molecule has 1 N–H and O–H groups in total. The van der Waals surface area contributed by atoms with E-state index < -0.39 is 11.9 Å². The molecule has 0 bridgehead atoms. The molecule has 84 valence electrons. The average Bonchev–Trinajstić information content (AvgIpc) is 2.13. The maximum atomic E-state index is 13.6. The highest BCUT2D eigenvalue weighted by Crippen LogP contribution is 2.32. The van der Waals surface area contributed by atoms with E-state index in [0.29, 0.717) is 16.8 Å². The highest BCUT2D eigenvalue weighted by atomic mass is 79.9. The molecule has 0 aliphatic carbocycles. The van der Waals surface area contributed by atoms with Gasteiger partial charge in [-0.05, 0) is 34.3 Å². The van der Waals surface area contributed by atoms with Gasteiger partial charge in [0, 0.05) is 10.0 Å². The van der Waals surface area contributed by atoms with Crippen molar-refractivity contribution in [3.8, 4) is 0 Å². The molecule has 1 aromatic carbocycles. The first-order chi connectivity index (χ1) is 6.93. The van der Waals surface area contributed by atoms with Crippen LogP contribution in [0.5, 0.6) is 0 Å². The monoisotopic (exact) mass is 294 g/mol. The predicted molar refractivity (Wildman–Crippen MR) is 63.5 cm³/mol. The van der Waals surface area contributed by atoms with Gasteiger partial charge in [0.05, 0.1) is 11.1 Å². The van der Waals surface area contributed by atoms with Crippen LogP contribution in [-0.4, -0.2) is 5.11 Å². The second kappa shape index (κ2) is 5.28. The summed E-state index contributed by atoms with van der Waals surface area (Å²) in [6.07, 6.45) is -0.273. The van der Waals surface area contributed by atoms with Gasteiger partial charge in [-0.3, -0.25) is 0 Å². The molecule has 0 aliphatic heterocycles. The van der Waals surface area contributed by atoms with E-state index in [-0.39, 0.29) is 10.6 Å². The van der Waals surface area contributed by atoms with E-state index in [1.54, 1.807) is 12.1 Å². The molecule has 1 unspecified atom stereocenters. The first-order valence-electron chi connectivity index (χ1n) is 4.75. The van der Waals surface area contributed by atoms with Crippen molar-refractivity contribution in [2.24, 2.45) is 5.92 Å². The summed E-state index contributed by atoms with van der Waals surface area (Å²) in [6.45, 7) is 3.95. The van der Waals surface area contributed by atoms with E-state index in [2.05, 4.69) is 15.9 Å². The Kier molecular flexibility index (Phi) is 4.56. The van der Waals surface area contributed by atoms with Gasteiger partial charge in [0.1, 0.15) is 5.82 Å². The minimum absolute atomic E-state index is 0.0234. The fourth-order valence-corrected chi connectivity index (χ4v) is 1.85. The summed E-state index contributed by atoms with van der Waals surface area (Å²) in [7, 11) is 0. The molecule has 1 atom stereocenters. The summed E-state index contributed by atoms with van der Waals surface area (Å²) in [5.74, 6) is -0.235. The third-order valence-corrected chi connectivity index (χ3v) is 3.38. The van der Waals surface area contributed by atoms with Crippen LogP contribution in [0.1, 0.15) is 31.9 Å². The van der Waals surface area contributed by atoms with Gasteiger partial charge in [0.2, 0.25) is 0 Å². The van der Waals surface area contributed by atoms with Crippen molar-refractivity contribution in [2.75, 3.05) is 0 Å². The number of benzene rings is 1. The fourth-order valence-electron chi connectivity index (χ4n) is 1.37. The Morgan fingerprint density at radius 2 is 2.07 bits per heavy atom. The van der Waals surface area contributed by atoms with Crippen LogP contribution in [0.3, 0.4) is 0 Å². The quantitative estimate of drug-likeness (QED) is 0.823. The van der Waals surface area contributed by atoms with E-state index in [9.17, 15) is 9.50 Å². The molecule has 0 aliphatic rings. The lowest BCUT2D eigenvalue weighted by Crippen LogP contribution is -2.04. The van der Waals surface area contributed by atoms with Crippen molar-refractivity contribution in [1.82, 2.24) is 0 Å². The summed E-state index contributed by atoms with van der Waals surface area (Å²) in [4.78, 5) is 0. The van der Waals surface area contributed by atoms with Crippen LogP contribution in [0.4, 0.5) is 4.39 Å². The lowest BCUT2D eigenvalue weighted by molar-refractivity contribution is 0.147. The van der Waals surface area contributed by atoms with Gasteiger partial charge < -0.3 is 5.11 Å². The topological polar surface area (TPSA) is 20.2 Å². The van der Waals surface area contributed by atoms with Crippen LogP contribution < -0.4 is 0 Å². The molecule has 4 heteroatoms. The van der Waals surface area contributed by atoms with E-state index in [4.69, 9.17) is 11.6 Å². The van der Waals surface area contributed by atoms with Gasteiger partial charge in [-0.1, -0.05) is 31.5 Å². The maximum absolute atomic E-state index is 13.6. The zero-order valence-corrected chi connectivity index (χ0v) is 10.9. The van der Waals surface area contributed by atoms with Crippen LogP contribution >= 0.6 is 27.5 Å². The second-order valence-corrected chi connectivity index (χ2v) is 5.14. The van der Waals surface area contributed by atoms with Crippen LogP contribution in [0.25, 0.3) is 0 Å². The molecular weight excluding hydrogens is 282 g/mol. The van der Waals surface area contributed by atoms with Crippen LogP contribution in [0.2, 0.25) is 5.02 Å². The third-order valence-electron chi connectivity index (χ3n) is 2.12. The molecule has 15 heavy (non-hydrogen) atoms. The number of halogens is 3. The second-order valence-electron chi connectivity index (χ2n) is 3.91. The highest BCUT2D eigenvalue weighted by molar-refractivity contribution is 9.10. The number of hydrogen-bond acceptors (Lipinski definition) is 1. The normalized spacial score (nSPS) is 13.3. The zero-order chi connectivity index (χ0) is 11.6. The first kappa shape index (κ1) is 12.9. The number of rotatable bonds is 3. The fraction of sp³-hybridized carbons (Fsp3) is 0.455. The largest absolute Gasteiger partial charge is 0.388 e.